The second-order valence-electron chi connectivity index (χ2n) is 6.21. The molecule has 3 aromatic rings. The van der Waals surface area contributed by atoms with Gasteiger partial charge in [-0.2, -0.15) is 5.10 Å². The molecule has 1 aliphatic heterocycles. The lowest BCUT2D eigenvalue weighted by Crippen LogP contribution is -2.17. The molecule has 3 heteroatoms. The summed E-state index contributed by atoms with van der Waals surface area (Å²) in [5, 5.41) is 8.34. The van der Waals surface area contributed by atoms with Gasteiger partial charge in [0.2, 0.25) is 0 Å². The molecule has 0 radical (unpaired) electrons. The van der Waals surface area contributed by atoms with Crippen molar-refractivity contribution in [1.82, 2.24) is 15.1 Å². The van der Waals surface area contributed by atoms with Gasteiger partial charge in [-0.1, -0.05) is 48.0 Å². The summed E-state index contributed by atoms with van der Waals surface area (Å²) in [6, 6.07) is 19.5. The zero-order valence-electron chi connectivity index (χ0n) is 13.4. The minimum Gasteiger partial charge on any atom is -0.309 e. The van der Waals surface area contributed by atoms with Crippen LogP contribution in [-0.4, -0.2) is 16.3 Å². The summed E-state index contributed by atoms with van der Waals surface area (Å²) in [4.78, 5) is 0. The molecule has 1 fully saturated rings. The maximum atomic E-state index is 4.71. The van der Waals surface area contributed by atoms with E-state index in [-0.39, 0.29) is 0 Å². The SMILES string of the molecule is Cc1ccc(-c2cnn(-c3ccccc3)c2C2CCCN2)cc1. The predicted molar refractivity (Wildman–Crippen MR) is 93.7 cm³/mol. The van der Waals surface area contributed by atoms with Crippen molar-refractivity contribution >= 4 is 0 Å². The van der Waals surface area contributed by atoms with Crippen molar-refractivity contribution < 1.29 is 0 Å². The van der Waals surface area contributed by atoms with E-state index in [2.05, 4.69) is 65.5 Å². The molecular weight excluding hydrogens is 282 g/mol. The highest BCUT2D eigenvalue weighted by molar-refractivity contribution is 5.67. The van der Waals surface area contributed by atoms with Crippen LogP contribution in [0.2, 0.25) is 0 Å². The van der Waals surface area contributed by atoms with Crippen molar-refractivity contribution in [2.24, 2.45) is 0 Å². The quantitative estimate of drug-likeness (QED) is 0.783. The fourth-order valence-corrected chi connectivity index (χ4v) is 3.34. The lowest BCUT2D eigenvalue weighted by Gasteiger charge is -2.16. The molecule has 1 aliphatic rings. The van der Waals surface area contributed by atoms with Crippen LogP contribution in [0.5, 0.6) is 0 Å². The Morgan fingerprint density at radius 1 is 1.04 bits per heavy atom. The number of aryl methyl sites for hydroxylation is 1. The van der Waals surface area contributed by atoms with Gasteiger partial charge in [-0.3, -0.25) is 0 Å². The van der Waals surface area contributed by atoms with Crippen molar-refractivity contribution in [3.63, 3.8) is 0 Å². The van der Waals surface area contributed by atoms with E-state index in [0.717, 1.165) is 18.7 Å². The number of rotatable bonds is 3. The lowest BCUT2D eigenvalue weighted by molar-refractivity contribution is 0.601. The van der Waals surface area contributed by atoms with Crippen molar-refractivity contribution in [2.75, 3.05) is 6.54 Å². The molecule has 3 nitrogen and oxygen atoms in total. The maximum Gasteiger partial charge on any atom is 0.0690 e. The fraction of sp³-hybridized carbons (Fsp3) is 0.250. The first kappa shape index (κ1) is 14.2. The van der Waals surface area contributed by atoms with E-state index < -0.39 is 0 Å². The molecule has 1 saturated heterocycles. The number of benzene rings is 2. The Kier molecular flexibility index (Phi) is 3.72. The molecule has 0 saturated carbocycles. The first-order valence-corrected chi connectivity index (χ1v) is 8.27. The zero-order chi connectivity index (χ0) is 15.6. The first-order chi connectivity index (χ1) is 11.3. The van der Waals surface area contributed by atoms with Gasteiger partial charge in [0.25, 0.3) is 0 Å². The van der Waals surface area contributed by atoms with Crippen LogP contribution < -0.4 is 5.32 Å². The average Bonchev–Trinajstić information content (AvgIpc) is 3.25. The van der Waals surface area contributed by atoms with Crippen molar-refractivity contribution in [2.45, 2.75) is 25.8 Å². The minimum atomic E-state index is 0.369. The Hall–Kier alpha value is -2.39. The Morgan fingerprint density at radius 3 is 2.52 bits per heavy atom. The van der Waals surface area contributed by atoms with Gasteiger partial charge in [-0.05, 0) is 44.0 Å². The van der Waals surface area contributed by atoms with Gasteiger partial charge in [-0.15, -0.1) is 0 Å². The summed E-state index contributed by atoms with van der Waals surface area (Å²) in [7, 11) is 0. The smallest absolute Gasteiger partial charge is 0.0690 e. The highest BCUT2D eigenvalue weighted by Crippen LogP contribution is 2.34. The summed E-state index contributed by atoms with van der Waals surface area (Å²) in [5.41, 5.74) is 6.14. The van der Waals surface area contributed by atoms with E-state index in [4.69, 9.17) is 5.10 Å². The Labute approximate surface area is 137 Å². The van der Waals surface area contributed by atoms with E-state index in [1.54, 1.807) is 0 Å². The van der Waals surface area contributed by atoms with Crippen molar-refractivity contribution in [3.8, 4) is 16.8 Å². The van der Waals surface area contributed by atoms with E-state index in [1.807, 2.05) is 12.3 Å². The number of nitrogens with zero attached hydrogens (tertiary/aromatic N) is 2. The van der Waals surface area contributed by atoms with Gasteiger partial charge in [0.15, 0.2) is 0 Å². The van der Waals surface area contributed by atoms with Crippen LogP contribution in [-0.2, 0) is 0 Å². The van der Waals surface area contributed by atoms with E-state index in [9.17, 15) is 0 Å². The molecule has 0 amide bonds. The van der Waals surface area contributed by atoms with Crippen LogP contribution in [0.4, 0.5) is 0 Å². The molecule has 1 atom stereocenters. The third-order valence-corrected chi connectivity index (χ3v) is 4.56. The van der Waals surface area contributed by atoms with Gasteiger partial charge < -0.3 is 5.32 Å². The molecule has 116 valence electrons. The Bertz CT molecular complexity index is 782. The molecule has 1 aromatic heterocycles. The van der Waals surface area contributed by atoms with Crippen LogP contribution in [0.1, 0.15) is 30.1 Å². The average molecular weight is 303 g/mol. The minimum absolute atomic E-state index is 0.369. The fourth-order valence-electron chi connectivity index (χ4n) is 3.34. The molecule has 2 heterocycles. The summed E-state index contributed by atoms with van der Waals surface area (Å²) >= 11 is 0. The molecule has 2 aromatic carbocycles. The number of para-hydroxylation sites is 1. The number of hydrogen-bond donors (Lipinski definition) is 1. The highest BCUT2D eigenvalue weighted by Gasteiger charge is 2.25. The van der Waals surface area contributed by atoms with Crippen molar-refractivity contribution in [3.05, 3.63) is 72.1 Å². The van der Waals surface area contributed by atoms with Crippen LogP contribution >= 0.6 is 0 Å². The van der Waals surface area contributed by atoms with Crippen LogP contribution in [0, 0.1) is 6.92 Å². The number of aromatic nitrogens is 2. The summed E-state index contributed by atoms with van der Waals surface area (Å²) in [6.45, 7) is 3.20. The van der Waals surface area contributed by atoms with Gasteiger partial charge >= 0.3 is 0 Å². The second kappa shape index (κ2) is 6.01. The molecule has 0 aliphatic carbocycles. The monoisotopic (exact) mass is 303 g/mol. The molecule has 23 heavy (non-hydrogen) atoms. The molecule has 4 rings (SSSR count). The second-order valence-corrected chi connectivity index (χ2v) is 6.21. The summed E-state index contributed by atoms with van der Waals surface area (Å²) in [5.74, 6) is 0. The van der Waals surface area contributed by atoms with Crippen LogP contribution in [0.3, 0.4) is 0 Å². The van der Waals surface area contributed by atoms with E-state index in [1.165, 1.54) is 28.8 Å². The third kappa shape index (κ3) is 2.68. The normalized spacial score (nSPS) is 17.5. The Balaban J connectivity index is 1.86. The van der Waals surface area contributed by atoms with E-state index in [0.29, 0.717) is 6.04 Å². The third-order valence-electron chi connectivity index (χ3n) is 4.56. The molecule has 0 spiro atoms. The summed E-state index contributed by atoms with van der Waals surface area (Å²) in [6.07, 6.45) is 4.39. The van der Waals surface area contributed by atoms with E-state index >= 15 is 0 Å². The first-order valence-electron chi connectivity index (χ1n) is 8.27. The van der Waals surface area contributed by atoms with Crippen LogP contribution in [0.15, 0.2) is 60.8 Å². The number of nitrogens with one attached hydrogen (secondary N) is 1. The number of hydrogen-bond acceptors (Lipinski definition) is 2. The van der Waals surface area contributed by atoms with Gasteiger partial charge in [0.05, 0.1) is 23.6 Å². The topological polar surface area (TPSA) is 29.9 Å². The molecule has 0 bridgehead atoms. The predicted octanol–water partition coefficient (Wildman–Crippen LogP) is 4.27. The van der Waals surface area contributed by atoms with Gasteiger partial charge in [0, 0.05) is 5.56 Å². The van der Waals surface area contributed by atoms with Crippen LogP contribution in [0.25, 0.3) is 16.8 Å². The lowest BCUT2D eigenvalue weighted by atomic mass is 10.00. The Morgan fingerprint density at radius 2 is 1.83 bits per heavy atom. The molecule has 1 N–H and O–H groups in total. The zero-order valence-corrected chi connectivity index (χ0v) is 13.4. The summed E-state index contributed by atoms with van der Waals surface area (Å²) < 4.78 is 2.10. The van der Waals surface area contributed by atoms with Gasteiger partial charge in [-0.25, -0.2) is 4.68 Å². The van der Waals surface area contributed by atoms with Crippen molar-refractivity contribution in [1.29, 1.82) is 0 Å². The standard InChI is InChI=1S/C20H21N3/c1-15-9-11-16(12-10-15)18-14-22-23(17-6-3-2-4-7-17)20(18)19-8-5-13-21-19/h2-4,6-7,9-12,14,19,21H,5,8,13H2,1H3. The maximum absolute atomic E-state index is 4.71. The molecule has 1 unspecified atom stereocenters. The molecular formula is C20H21N3. The highest BCUT2D eigenvalue weighted by atomic mass is 15.3. The largest absolute Gasteiger partial charge is 0.309 e. The van der Waals surface area contributed by atoms with Gasteiger partial charge in [0.1, 0.15) is 0 Å².